The van der Waals surface area contributed by atoms with Crippen molar-refractivity contribution in [1.82, 2.24) is 5.32 Å². The van der Waals surface area contributed by atoms with Gasteiger partial charge in [0.1, 0.15) is 5.82 Å². The molecule has 1 aromatic carbocycles. The molecule has 0 spiro atoms. The molecule has 0 amide bonds. The van der Waals surface area contributed by atoms with Gasteiger partial charge in [0, 0.05) is 6.07 Å². The summed E-state index contributed by atoms with van der Waals surface area (Å²) < 4.78 is 31.1. The lowest BCUT2D eigenvalue weighted by atomic mass is 10.2. The fourth-order valence-electron chi connectivity index (χ4n) is 1.61. The van der Waals surface area contributed by atoms with E-state index in [9.17, 15) is 8.78 Å². The highest BCUT2D eigenvalue weighted by Crippen LogP contribution is 2.17. The maximum Gasteiger partial charge on any atom is 0.167 e. The average Bonchev–Trinajstić information content (AvgIpc) is 2.35. The Hall–Kier alpha value is -1.16. The van der Waals surface area contributed by atoms with E-state index in [0.29, 0.717) is 6.61 Å². The summed E-state index contributed by atoms with van der Waals surface area (Å²) in [5.41, 5.74) is 0. The lowest BCUT2D eigenvalue weighted by Crippen LogP contribution is -2.15. The maximum absolute atomic E-state index is 13.2. The molecule has 0 unspecified atom stereocenters. The number of halogens is 2. The number of nitrogens with one attached hydrogen (secondary N) is 1. The highest BCUT2D eigenvalue weighted by Gasteiger charge is 2.03. The molecule has 1 N–H and O–H groups in total. The van der Waals surface area contributed by atoms with Gasteiger partial charge in [-0.1, -0.05) is 6.92 Å². The second-order valence-corrected chi connectivity index (χ2v) is 4.23. The summed E-state index contributed by atoms with van der Waals surface area (Å²) in [4.78, 5) is 0. The molecule has 2 nitrogen and oxygen atoms in total. The monoisotopic (exact) mass is 257 g/mol. The molecule has 0 heterocycles. The SMILES string of the molecule is CCCNCCCCCOc1ccc(F)cc1F. The van der Waals surface area contributed by atoms with Crippen molar-refractivity contribution in [2.45, 2.75) is 32.6 Å². The van der Waals surface area contributed by atoms with E-state index in [0.717, 1.165) is 44.8 Å². The predicted octanol–water partition coefficient (Wildman–Crippen LogP) is 3.51. The van der Waals surface area contributed by atoms with Gasteiger partial charge in [0.2, 0.25) is 0 Å². The lowest BCUT2D eigenvalue weighted by molar-refractivity contribution is 0.289. The van der Waals surface area contributed by atoms with Gasteiger partial charge in [0.05, 0.1) is 6.61 Å². The van der Waals surface area contributed by atoms with E-state index < -0.39 is 11.6 Å². The fourth-order valence-corrected chi connectivity index (χ4v) is 1.61. The van der Waals surface area contributed by atoms with E-state index >= 15 is 0 Å². The summed E-state index contributed by atoms with van der Waals surface area (Å²) in [5, 5.41) is 3.32. The van der Waals surface area contributed by atoms with Crippen molar-refractivity contribution >= 4 is 0 Å². The maximum atomic E-state index is 13.2. The predicted molar refractivity (Wildman–Crippen MR) is 68.9 cm³/mol. The first-order valence-corrected chi connectivity index (χ1v) is 6.52. The van der Waals surface area contributed by atoms with Crippen LogP contribution >= 0.6 is 0 Å². The van der Waals surface area contributed by atoms with Crippen LogP contribution in [0.25, 0.3) is 0 Å². The van der Waals surface area contributed by atoms with Crippen LogP contribution in [-0.2, 0) is 0 Å². The summed E-state index contributed by atoms with van der Waals surface area (Å²) in [6.07, 6.45) is 4.16. The quantitative estimate of drug-likeness (QED) is 0.683. The molecular weight excluding hydrogens is 236 g/mol. The molecule has 0 bridgehead atoms. The third-order valence-electron chi connectivity index (χ3n) is 2.58. The van der Waals surface area contributed by atoms with E-state index in [2.05, 4.69) is 12.2 Å². The third-order valence-corrected chi connectivity index (χ3v) is 2.58. The molecule has 4 heteroatoms. The molecule has 102 valence electrons. The number of benzene rings is 1. The zero-order chi connectivity index (χ0) is 13.2. The van der Waals surface area contributed by atoms with Crippen molar-refractivity contribution in [2.75, 3.05) is 19.7 Å². The first kappa shape index (κ1) is 14.9. The van der Waals surface area contributed by atoms with Crippen LogP contribution in [0.1, 0.15) is 32.6 Å². The van der Waals surface area contributed by atoms with Gasteiger partial charge in [0.25, 0.3) is 0 Å². The second kappa shape index (κ2) is 8.86. The topological polar surface area (TPSA) is 21.3 Å². The van der Waals surface area contributed by atoms with Crippen LogP contribution in [0.3, 0.4) is 0 Å². The summed E-state index contributed by atoms with van der Waals surface area (Å²) >= 11 is 0. The van der Waals surface area contributed by atoms with Crippen molar-refractivity contribution in [2.24, 2.45) is 0 Å². The zero-order valence-electron chi connectivity index (χ0n) is 10.8. The van der Waals surface area contributed by atoms with E-state index in [-0.39, 0.29) is 5.75 Å². The number of hydrogen-bond acceptors (Lipinski definition) is 2. The first-order valence-electron chi connectivity index (χ1n) is 6.52. The number of rotatable bonds is 9. The van der Waals surface area contributed by atoms with Crippen molar-refractivity contribution < 1.29 is 13.5 Å². The molecule has 0 aliphatic rings. The molecule has 0 aromatic heterocycles. The smallest absolute Gasteiger partial charge is 0.167 e. The summed E-state index contributed by atoms with van der Waals surface area (Å²) in [6.45, 7) is 4.67. The van der Waals surface area contributed by atoms with Gasteiger partial charge in [-0.15, -0.1) is 0 Å². The number of ether oxygens (including phenoxy) is 1. The van der Waals surface area contributed by atoms with Crippen LogP contribution in [0.5, 0.6) is 5.75 Å². The van der Waals surface area contributed by atoms with Gasteiger partial charge in [-0.25, -0.2) is 8.78 Å². The normalized spacial score (nSPS) is 10.6. The zero-order valence-corrected chi connectivity index (χ0v) is 10.8. The van der Waals surface area contributed by atoms with Gasteiger partial charge < -0.3 is 10.1 Å². The minimum atomic E-state index is -0.639. The number of unbranched alkanes of at least 4 members (excludes halogenated alkanes) is 2. The van der Waals surface area contributed by atoms with E-state index in [4.69, 9.17) is 4.74 Å². The van der Waals surface area contributed by atoms with Crippen molar-refractivity contribution in [3.05, 3.63) is 29.8 Å². The summed E-state index contributed by atoms with van der Waals surface area (Å²) in [7, 11) is 0. The molecule has 0 saturated carbocycles. The van der Waals surface area contributed by atoms with E-state index in [1.165, 1.54) is 12.1 Å². The van der Waals surface area contributed by atoms with Gasteiger partial charge in [-0.2, -0.15) is 0 Å². The molecule has 0 aliphatic carbocycles. The van der Waals surface area contributed by atoms with Crippen molar-refractivity contribution in [1.29, 1.82) is 0 Å². The Morgan fingerprint density at radius 1 is 1.11 bits per heavy atom. The van der Waals surface area contributed by atoms with Gasteiger partial charge in [0.15, 0.2) is 11.6 Å². The van der Waals surface area contributed by atoms with Crippen LogP contribution in [0.2, 0.25) is 0 Å². The molecule has 0 atom stereocenters. The molecule has 0 fully saturated rings. The van der Waals surface area contributed by atoms with Gasteiger partial charge >= 0.3 is 0 Å². The Kier molecular flexibility index (Phi) is 7.34. The van der Waals surface area contributed by atoms with Crippen LogP contribution in [0.15, 0.2) is 18.2 Å². The highest BCUT2D eigenvalue weighted by atomic mass is 19.1. The Bertz CT molecular complexity index is 345. The van der Waals surface area contributed by atoms with Crippen molar-refractivity contribution in [3.8, 4) is 5.75 Å². The molecule has 1 aromatic rings. The molecule has 1 rings (SSSR count). The van der Waals surface area contributed by atoms with Crippen molar-refractivity contribution in [3.63, 3.8) is 0 Å². The van der Waals surface area contributed by atoms with Gasteiger partial charge in [-0.05, 0) is 50.9 Å². The van der Waals surface area contributed by atoms with Crippen LogP contribution < -0.4 is 10.1 Å². The standard InChI is InChI=1S/C14H21F2NO/c1-2-8-17-9-4-3-5-10-18-14-7-6-12(15)11-13(14)16/h6-7,11,17H,2-5,8-10H2,1H3. The average molecular weight is 257 g/mol. The highest BCUT2D eigenvalue weighted by molar-refractivity contribution is 5.24. The van der Waals surface area contributed by atoms with Crippen LogP contribution in [0.4, 0.5) is 8.78 Å². The Balaban J connectivity index is 2.07. The molecule has 0 saturated heterocycles. The molecule has 0 radical (unpaired) electrons. The fraction of sp³-hybridized carbons (Fsp3) is 0.571. The molecule has 18 heavy (non-hydrogen) atoms. The lowest BCUT2D eigenvalue weighted by Gasteiger charge is -2.07. The second-order valence-electron chi connectivity index (χ2n) is 4.23. The molecule has 0 aliphatic heterocycles. The van der Waals surface area contributed by atoms with E-state index in [1.807, 2.05) is 0 Å². The Labute approximate surface area is 107 Å². The first-order chi connectivity index (χ1) is 8.74. The minimum Gasteiger partial charge on any atom is -0.491 e. The van der Waals surface area contributed by atoms with Crippen LogP contribution in [-0.4, -0.2) is 19.7 Å². The Morgan fingerprint density at radius 3 is 2.67 bits per heavy atom. The minimum absolute atomic E-state index is 0.125. The van der Waals surface area contributed by atoms with Crippen LogP contribution in [0, 0.1) is 11.6 Å². The van der Waals surface area contributed by atoms with E-state index in [1.54, 1.807) is 0 Å². The molecular formula is C14H21F2NO. The Morgan fingerprint density at radius 2 is 1.94 bits per heavy atom. The number of hydrogen-bond donors (Lipinski definition) is 1. The summed E-state index contributed by atoms with van der Waals surface area (Å²) in [5.74, 6) is -1.10. The summed E-state index contributed by atoms with van der Waals surface area (Å²) in [6, 6.07) is 3.37. The van der Waals surface area contributed by atoms with Gasteiger partial charge in [-0.3, -0.25) is 0 Å². The third kappa shape index (κ3) is 5.96. The largest absolute Gasteiger partial charge is 0.491 e.